The maximum Gasteiger partial charge on any atom is 0.227 e. The van der Waals surface area contributed by atoms with Crippen LogP contribution in [0, 0.1) is 5.92 Å². The molecule has 0 radical (unpaired) electrons. The van der Waals surface area contributed by atoms with Gasteiger partial charge in [0, 0.05) is 24.8 Å². The maximum absolute atomic E-state index is 12.5. The first kappa shape index (κ1) is 20.2. The predicted octanol–water partition coefficient (Wildman–Crippen LogP) is 4.40. The van der Waals surface area contributed by atoms with Gasteiger partial charge in [-0.2, -0.15) is 0 Å². The van der Waals surface area contributed by atoms with Gasteiger partial charge in [-0.15, -0.1) is 0 Å². The van der Waals surface area contributed by atoms with Crippen LogP contribution in [0.5, 0.6) is 0 Å². The van der Waals surface area contributed by atoms with E-state index in [2.05, 4.69) is 21.4 Å². The standard InChI is InChI=1S/C20H26Cl2N4O/c1-25-13-17(23-14-25)4-2-3-9-26-10-7-15(8-11-26)20(27)24-16-5-6-18(21)19(22)12-16/h5-6,12-15H,2-4,7-11H2,1H3,(H,24,27). The number of benzene rings is 1. The molecular weight excluding hydrogens is 383 g/mol. The topological polar surface area (TPSA) is 50.2 Å². The zero-order valence-electron chi connectivity index (χ0n) is 15.6. The number of amides is 1. The van der Waals surface area contributed by atoms with Crippen LogP contribution >= 0.6 is 23.2 Å². The van der Waals surface area contributed by atoms with E-state index in [0.29, 0.717) is 15.7 Å². The minimum atomic E-state index is 0.0595. The second-order valence-electron chi connectivity index (χ2n) is 7.22. The number of hydrogen-bond donors (Lipinski definition) is 1. The molecule has 1 N–H and O–H groups in total. The van der Waals surface area contributed by atoms with E-state index in [1.807, 2.05) is 17.9 Å². The van der Waals surface area contributed by atoms with Gasteiger partial charge < -0.3 is 14.8 Å². The fourth-order valence-corrected chi connectivity index (χ4v) is 3.77. The summed E-state index contributed by atoms with van der Waals surface area (Å²) >= 11 is 11.9. The summed E-state index contributed by atoms with van der Waals surface area (Å²) in [7, 11) is 2.00. The fraction of sp³-hybridized carbons (Fsp3) is 0.500. The number of nitrogens with one attached hydrogen (secondary N) is 1. The van der Waals surface area contributed by atoms with Gasteiger partial charge in [0.1, 0.15) is 0 Å². The molecule has 2 heterocycles. The van der Waals surface area contributed by atoms with E-state index < -0.39 is 0 Å². The van der Waals surface area contributed by atoms with Gasteiger partial charge in [-0.05, 0) is 69.9 Å². The quantitative estimate of drug-likeness (QED) is 0.690. The number of likely N-dealkylation sites (tertiary alicyclic amines) is 1. The first-order valence-corrected chi connectivity index (χ1v) is 10.2. The SMILES string of the molecule is Cn1cnc(CCCCN2CCC(C(=O)Nc3ccc(Cl)c(Cl)c3)CC2)c1. The lowest BCUT2D eigenvalue weighted by Crippen LogP contribution is -2.38. The summed E-state index contributed by atoms with van der Waals surface area (Å²) < 4.78 is 1.99. The molecular formula is C20H26Cl2N4O. The number of carbonyl (C=O) groups is 1. The number of piperidine rings is 1. The van der Waals surface area contributed by atoms with Crippen LogP contribution in [0.4, 0.5) is 5.69 Å². The van der Waals surface area contributed by atoms with Crippen molar-refractivity contribution in [3.8, 4) is 0 Å². The Hall–Kier alpha value is -1.56. The zero-order valence-corrected chi connectivity index (χ0v) is 17.1. The van der Waals surface area contributed by atoms with Gasteiger partial charge >= 0.3 is 0 Å². The highest BCUT2D eigenvalue weighted by Gasteiger charge is 2.24. The smallest absolute Gasteiger partial charge is 0.227 e. The molecule has 7 heteroatoms. The lowest BCUT2D eigenvalue weighted by atomic mass is 9.95. The molecule has 1 saturated heterocycles. The third-order valence-corrected chi connectivity index (χ3v) is 5.80. The van der Waals surface area contributed by atoms with Gasteiger partial charge in [-0.3, -0.25) is 4.79 Å². The van der Waals surface area contributed by atoms with Crippen molar-refractivity contribution in [3.05, 3.63) is 46.5 Å². The molecule has 1 aliphatic heterocycles. The van der Waals surface area contributed by atoms with Crippen LogP contribution in [0.25, 0.3) is 0 Å². The summed E-state index contributed by atoms with van der Waals surface area (Å²) in [6, 6.07) is 5.18. The molecule has 0 unspecified atom stereocenters. The van der Waals surface area contributed by atoms with Gasteiger partial charge in [0.25, 0.3) is 0 Å². The lowest BCUT2D eigenvalue weighted by Gasteiger charge is -2.31. The van der Waals surface area contributed by atoms with Gasteiger partial charge in [0.15, 0.2) is 0 Å². The predicted molar refractivity (Wildman–Crippen MR) is 110 cm³/mol. The summed E-state index contributed by atoms with van der Waals surface area (Å²) in [6.07, 6.45) is 9.07. The molecule has 0 bridgehead atoms. The molecule has 2 aromatic rings. The number of imidazole rings is 1. The normalized spacial score (nSPS) is 15.8. The molecule has 5 nitrogen and oxygen atoms in total. The van der Waals surface area contributed by atoms with Crippen LogP contribution in [-0.4, -0.2) is 40.0 Å². The Balaban J connectivity index is 1.35. The third-order valence-electron chi connectivity index (χ3n) is 5.06. The maximum atomic E-state index is 12.5. The van der Waals surface area contributed by atoms with Gasteiger partial charge in [0.2, 0.25) is 5.91 Å². The van der Waals surface area contributed by atoms with Crippen LogP contribution < -0.4 is 5.32 Å². The number of aryl methyl sites for hydroxylation is 2. The first-order valence-electron chi connectivity index (χ1n) is 9.46. The average Bonchev–Trinajstić information content (AvgIpc) is 3.07. The summed E-state index contributed by atoms with van der Waals surface area (Å²) in [5.41, 5.74) is 1.86. The fourth-order valence-electron chi connectivity index (χ4n) is 3.47. The molecule has 1 aliphatic rings. The van der Waals surface area contributed by atoms with Crippen molar-refractivity contribution in [2.45, 2.75) is 32.1 Å². The molecule has 27 heavy (non-hydrogen) atoms. The number of rotatable bonds is 7. The van der Waals surface area contributed by atoms with E-state index in [0.717, 1.165) is 57.4 Å². The van der Waals surface area contributed by atoms with E-state index in [1.165, 1.54) is 0 Å². The van der Waals surface area contributed by atoms with Crippen molar-refractivity contribution in [1.29, 1.82) is 0 Å². The van der Waals surface area contributed by atoms with Gasteiger partial charge in [0.05, 0.1) is 22.1 Å². The molecule has 0 aliphatic carbocycles. The number of halogens is 2. The highest BCUT2D eigenvalue weighted by molar-refractivity contribution is 6.42. The zero-order chi connectivity index (χ0) is 19.2. The van der Waals surface area contributed by atoms with E-state index in [4.69, 9.17) is 23.2 Å². The Bertz CT molecular complexity index is 769. The third kappa shape index (κ3) is 5.96. The molecule has 1 aromatic carbocycles. The minimum Gasteiger partial charge on any atom is -0.340 e. The van der Waals surface area contributed by atoms with Crippen molar-refractivity contribution in [2.75, 3.05) is 25.0 Å². The average molecular weight is 409 g/mol. The van der Waals surface area contributed by atoms with Crippen LogP contribution in [0.2, 0.25) is 10.0 Å². The van der Waals surface area contributed by atoms with Crippen LogP contribution in [0.3, 0.4) is 0 Å². The van der Waals surface area contributed by atoms with Gasteiger partial charge in [-0.25, -0.2) is 4.98 Å². The molecule has 1 aromatic heterocycles. The number of carbonyl (C=O) groups excluding carboxylic acids is 1. The highest BCUT2D eigenvalue weighted by Crippen LogP contribution is 2.26. The summed E-state index contributed by atoms with van der Waals surface area (Å²) in [6.45, 7) is 3.04. The lowest BCUT2D eigenvalue weighted by molar-refractivity contribution is -0.121. The van der Waals surface area contributed by atoms with Crippen LogP contribution in [-0.2, 0) is 18.3 Å². The molecule has 146 valence electrons. The molecule has 1 amide bonds. The molecule has 0 saturated carbocycles. The molecule has 3 rings (SSSR count). The summed E-state index contributed by atoms with van der Waals surface area (Å²) in [4.78, 5) is 19.3. The Morgan fingerprint density at radius 3 is 2.67 bits per heavy atom. The van der Waals surface area contributed by atoms with Crippen molar-refractivity contribution >= 4 is 34.8 Å². The van der Waals surface area contributed by atoms with Crippen LogP contribution in [0.1, 0.15) is 31.4 Å². The second kappa shape index (κ2) is 9.58. The van der Waals surface area contributed by atoms with Crippen molar-refractivity contribution in [1.82, 2.24) is 14.5 Å². The first-order chi connectivity index (χ1) is 13.0. The number of anilines is 1. The van der Waals surface area contributed by atoms with E-state index in [-0.39, 0.29) is 11.8 Å². The minimum absolute atomic E-state index is 0.0595. The number of nitrogens with zero attached hydrogens (tertiary/aromatic N) is 3. The Kier molecular flexibility index (Phi) is 7.16. The largest absolute Gasteiger partial charge is 0.340 e. The van der Waals surface area contributed by atoms with Crippen molar-refractivity contribution < 1.29 is 4.79 Å². The summed E-state index contributed by atoms with van der Waals surface area (Å²) in [5.74, 6) is 0.132. The van der Waals surface area contributed by atoms with E-state index in [9.17, 15) is 4.79 Å². The van der Waals surface area contributed by atoms with Crippen molar-refractivity contribution in [2.24, 2.45) is 13.0 Å². The molecule has 1 fully saturated rings. The molecule has 0 atom stereocenters. The highest BCUT2D eigenvalue weighted by atomic mass is 35.5. The van der Waals surface area contributed by atoms with Crippen LogP contribution in [0.15, 0.2) is 30.7 Å². The summed E-state index contributed by atoms with van der Waals surface area (Å²) in [5, 5.41) is 3.90. The Morgan fingerprint density at radius 1 is 1.22 bits per heavy atom. The second-order valence-corrected chi connectivity index (χ2v) is 8.04. The number of hydrogen-bond acceptors (Lipinski definition) is 3. The Labute approximate surface area is 170 Å². The number of aromatic nitrogens is 2. The monoisotopic (exact) mass is 408 g/mol. The van der Waals surface area contributed by atoms with Crippen molar-refractivity contribution in [3.63, 3.8) is 0 Å². The van der Waals surface area contributed by atoms with Gasteiger partial charge in [-0.1, -0.05) is 23.2 Å². The van der Waals surface area contributed by atoms with E-state index in [1.54, 1.807) is 18.2 Å². The Morgan fingerprint density at radius 2 is 2.00 bits per heavy atom. The number of unbranched alkanes of at least 4 members (excludes halogenated alkanes) is 1. The molecule has 0 spiro atoms. The van der Waals surface area contributed by atoms with E-state index >= 15 is 0 Å².